The lowest BCUT2D eigenvalue weighted by Crippen LogP contribution is -2.28. The van der Waals surface area contributed by atoms with Crippen LogP contribution in [0.3, 0.4) is 0 Å². The Morgan fingerprint density at radius 1 is 1.38 bits per heavy atom. The highest BCUT2D eigenvalue weighted by Crippen LogP contribution is 2.22. The minimum atomic E-state index is -1.36. The molecule has 0 aromatic heterocycles. The van der Waals surface area contributed by atoms with Crippen molar-refractivity contribution in [1.29, 1.82) is 0 Å². The maximum atomic E-state index is 13.7. The van der Waals surface area contributed by atoms with Crippen LogP contribution in [0.25, 0.3) is 0 Å². The van der Waals surface area contributed by atoms with Crippen molar-refractivity contribution < 1.29 is 23.2 Å². The molecule has 1 amide bonds. The van der Waals surface area contributed by atoms with Crippen LogP contribution in [0.2, 0.25) is 0 Å². The number of rotatable bonds is 8. The van der Waals surface area contributed by atoms with Crippen LogP contribution >= 0.6 is 0 Å². The quantitative estimate of drug-likeness (QED) is 0.454. The van der Waals surface area contributed by atoms with Crippen LogP contribution < -0.4 is 5.32 Å². The lowest BCUT2D eigenvalue weighted by molar-refractivity contribution is -0.387. The summed E-state index contributed by atoms with van der Waals surface area (Å²) in [6.07, 6.45) is 1.86. The number of carbonyl (C=O) groups is 1. The maximum Gasteiger partial charge on any atom is 0.308 e. The molecule has 21 heavy (non-hydrogen) atoms. The van der Waals surface area contributed by atoms with Crippen molar-refractivity contribution in [2.45, 2.75) is 19.8 Å². The molecule has 1 rings (SSSR count). The van der Waals surface area contributed by atoms with Gasteiger partial charge in [0.2, 0.25) is 5.82 Å². The summed E-state index contributed by atoms with van der Waals surface area (Å²) in [6.45, 7) is 2.88. The number of nitro benzene ring substituents is 1. The van der Waals surface area contributed by atoms with Gasteiger partial charge < -0.3 is 10.1 Å². The second kappa shape index (κ2) is 8.25. The number of hydrogen-bond donors (Lipinski definition) is 1. The zero-order valence-corrected chi connectivity index (χ0v) is 11.5. The van der Waals surface area contributed by atoms with Gasteiger partial charge in [-0.05, 0) is 12.5 Å². The fourth-order valence-corrected chi connectivity index (χ4v) is 1.55. The van der Waals surface area contributed by atoms with E-state index in [-0.39, 0.29) is 13.2 Å². The van der Waals surface area contributed by atoms with E-state index in [0.29, 0.717) is 18.7 Å². The molecule has 0 aliphatic heterocycles. The van der Waals surface area contributed by atoms with Gasteiger partial charge in [0.05, 0.1) is 23.2 Å². The van der Waals surface area contributed by atoms with Crippen LogP contribution in [-0.2, 0) is 4.74 Å². The van der Waals surface area contributed by atoms with E-state index in [4.69, 9.17) is 4.74 Å². The second-order valence-electron chi connectivity index (χ2n) is 4.27. The lowest BCUT2D eigenvalue weighted by atomic mass is 10.1. The molecule has 0 spiro atoms. The molecule has 0 unspecified atom stereocenters. The number of hydrogen-bond acceptors (Lipinski definition) is 4. The summed E-state index contributed by atoms with van der Waals surface area (Å²) in [7, 11) is 0. The molecule has 116 valence electrons. The van der Waals surface area contributed by atoms with E-state index in [2.05, 4.69) is 5.32 Å². The normalized spacial score (nSPS) is 10.4. The first-order valence-corrected chi connectivity index (χ1v) is 6.46. The molecule has 8 heteroatoms. The molecule has 6 nitrogen and oxygen atoms in total. The Bertz CT molecular complexity index is 523. The summed E-state index contributed by atoms with van der Waals surface area (Å²) >= 11 is 0. The van der Waals surface area contributed by atoms with Gasteiger partial charge in [0.15, 0.2) is 0 Å². The summed E-state index contributed by atoms with van der Waals surface area (Å²) in [5.41, 5.74) is -1.77. The molecule has 0 saturated heterocycles. The fraction of sp³-hybridized carbons (Fsp3) is 0.462. The van der Waals surface area contributed by atoms with Crippen LogP contribution in [0.4, 0.5) is 14.5 Å². The number of nitro groups is 1. The van der Waals surface area contributed by atoms with Crippen LogP contribution in [0, 0.1) is 21.7 Å². The van der Waals surface area contributed by atoms with Crippen LogP contribution in [0.15, 0.2) is 12.1 Å². The van der Waals surface area contributed by atoms with E-state index in [1.165, 1.54) is 0 Å². The van der Waals surface area contributed by atoms with Crippen LogP contribution in [-0.4, -0.2) is 30.6 Å². The Balaban J connectivity index is 2.64. The molecule has 0 radical (unpaired) electrons. The van der Waals surface area contributed by atoms with Crippen molar-refractivity contribution in [2.75, 3.05) is 19.8 Å². The van der Waals surface area contributed by atoms with Gasteiger partial charge in [0, 0.05) is 13.2 Å². The van der Waals surface area contributed by atoms with Crippen molar-refractivity contribution in [3.63, 3.8) is 0 Å². The SMILES string of the molecule is CCCCOCCNC(=O)c1cc(F)cc([N+](=O)[O-])c1F. The molecule has 0 aliphatic rings. The molecule has 0 bridgehead atoms. The molecule has 1 aromatic rings. The molecular formula is C13H16F2N2O4. The van der Waals surface area contributed by atoms with Gasteiger partial charge in [-0.1, -0.05) is 13.3 Å². The van der Waals surface area contributed by atoms with Gasteiger partial charge in [-0.15, -0.1) is 0 Å². The number of carbonyl (C=O) groups excluding carboxylic acids is 1. The lowest BCUT2D eigenvalue weighted by Gasteiger charge is -2.07. The monoisotopic (exact) mass is 302 g/mol. The number of unbranched alkanes of at least 4 members (excludes halogenated alkanes) is 1. The van der Waals surface area contributed by atoms with Gasteiger partial charge in [-0.25, -0.2) is 4.39 Å². The Hall–Kier alpha value is -2.09. The Labute approximate surface area is 120 Å². The number of halogens is 2. The maximum absolute atomic E-state index is 13.7. The van der Waals surface area contributed by atoms with E-state index in [9.17, 15) is 23.7 Å². The standard InChI is InChI=1S/C13H16F2N2O4/c1-2-3-5-21-6-4-16-13(18)10-7-9(14)8-11(12(10)15)17(19)20/h7-8H,2-6H2,1H3,(H,16,18). The van der Waals surface area contributed by atoms with E-state index in [0.717, 1.165) is 12.8 Å². The van der Waals surface area contributed by atoms with Crippen molar-refractivity contribution >= 4 is 11.6 Å². The van der Waals surface area contributed by atoms with Gasteiger partial charge in [0.25, 0.3) is 5.91 Å². The largest absolute Gasteiger partial charge is 0.380 e. The third kappa shape index (κ3) is 5.07. The zero-order valence-electron chi connectivity index (χ0n) is 11.5. The first kappa shape index (κ1) is 17.0. The van der Waals surface area contributed by atoms with E-state index < -0.39 is 33.7 Å². The number of benzene rings is 1. The van der Waals surface area contributed by atoms with E-state index in [1.54, 1.807) is 0 Å². The zero-order chi connectivity index (χ0) is 15.8. The van der Waals surface area contributed by atoms with E-state index >= 15 is 0 Å². The van der Waals surface area contributed by atoms with E-state index in [1.807, 2.05) is 6.92 Å². The highest BCUT2D eigenvalue weighted by molar-refractivity contribution is 5.95. The van der Waals surface area contributed by atoms with Crippen LogP contribution in [0.5, 0.6) is 0 Å². The molecule has 0 fully saturated rings. The summed E-state index contributed by atoms with van der Waals surface area (Å²) in [6, 6.07) is 1.05. The molecular weight excluding hydrogens is 286 g/mol. The third-order valence-corrected chi connectivity index (χ3v) is 2.63. The Morgan fingerprint density at radius 2 is 2.10 bits per heavy atom. The number of nitrogens with one attached hydrogen (secondary N) is 1. The average Bonchev–Trinajstić information content (AvgIpc) is 2.44. The number of ether oxygens (including phenoxy) is 1. The first-order valence-electron chi connectivity index (χ1n) is 6.46. The van der Waals surface area contributed by atoms with Gasteiger partial charge in [0.1, 0.15) is 5.82 Å². The predicted octanol–water partition coefficient (Wildman–Crippen LogP) is 2.42. The first-order chi connectivity index (χ1) is 9.97. The molecule has 0 atom stereocenters. The highest BCUT2D eigenvalue weighted by Gasteiger charge is 2.23. The summed E-state index contributed by atoms with van der Waals surface area (Å²) in [5.74, 6) is -3.33. The van der Waals surface area contributed by atoms with Crippen molar-refractivity contribution in [2.24, 2.45) is 0 Å². The molecule has 1 aromatic carbocycles. The molecule has 0 aliphatic carbocycles. The molecule has 0 heterocycles. The summed E-state index contributed by atoms with van der Waals surface area (Å²) in [4.78, 5) is 21.2. The number of amides is 1. The predicted molar refractivity (Wildman–Crippen MR) is 71.1 cm³/mol. The summed E-state index contributed by atoms with van der Waals surface area (Å²) < 4.78 is 32.1. The third-order valence-electron chi connectivity index (χ3n) is 2.63. The average molecular weight is 302 g/mol. The van der Waals surface area contributed by atoms with Crippen LogP contribution in [0.1, 0.15) is 30.1 Å². The minimum Gasteiger partial charge on any atom is -0.380 e. The molecule has 0 saturated carbocycles. The topological polar surface area (TPSA) is 81.5 Å². The summed E-state index contributed by atoms with van der Waals surface area (Å²) in [5, 5.41) is 12.9. The minimum absolute atomic E-state index is 0.103. The smallest absolute Gasteiger partial charge is 0.308 e. The number of nitrogens with zero attached hydrogens (tertiary/aromatic N) is 1. The van der Waals surface area contributed by atoms with Gasteiger partial charge >= 0.3 is 5.69 Å². The fourth-order valence-electron chi connectivity index (χ4n) is 1.55. The Morgan fingerprint density at radius 3 is 2.71 bits per heavy atom. The van der Waals surface area contributed by atoms with Gasteiger partial charge in [-0.3, -0.25) is 14.9 Å². The van der Waals surface area contributed by atoms with Crippen molar-refractivity contribution in [3.8, 4) is 0 Å². The Kier molecular flexibility index (Phi) is 6.67. The van der Waals surface area contributed by atoms with Gasteiger partial charge in [-0.2, -0.15) is 4.39 Å². The second-order valence-corrected chi connectivity index (χ2v) is 4.27. The van der Waals surface area contributed by atoms with Crippen molar-refractivity contribution in [1.82, 2.24) is 5.32 Å². The molecule has 1 N–H and O–H groups in total. The van der Waals surface area contributed by atoms with Crippen molar-refractivity contribution in [3.05, 3.63) is 39.4 Å². The highest BCUT2D eigenvalue weighted by atomic mass is 19.1.